The summed E-state index contributed by atoms with van der Waals surface area (Å²) in [7, 11) is 0. The van der Waals surface area contributed by atoms with Crippen LogP contribution in [0.1, 0.15) is 38.2 Å². The van der Waals surface area contributed by atoms with E-state index in [-0.39, 0.29) is 18.3 Å². The summed E-state index contributed by atoms with van der Waals surface area (Å²) >= 11 is 0. The van der Waals surface area contributed by atoms with E-state index in [1.165, 1.54) is 11.1 Å². The third-order valence-electron chi connectivity index (χ3n) is 3.84. The molecule has 0 spiro atoms. The first kappa shape index (κ1) is 16.5. The fraction of sp³-hybridized carbons (Fsp3) is 0.278. The summed E-state index contributed by atoms with van der Waals surface area (Å²) in [5, 5.41) is 6.33. The lowest BCUT2D eigenvalue weighted by molar-refractivity contribution is 0.0950. The number of benzene rings is 2. The van der Waals surface area contributed by atoms with Crippen LogP contribution in [0.4, 0.5) is 0 Å². The molecule has 0 aromatic heterocycles. The minimum absolute atomic E-state index is 0. The number of carbonyl (C=O) groups excluding carboxylic acids is 1. The Labute approximate surface area is 137 Å². The fourth-order valence-electron chi connectivity index (χ4n) is 2.85. The number of nitrogens with one attached hydrogen (secondary N) is 2. The molecule has 4 heteroatoms. The molecule has 3 rings (SSSR count). The molecule has 1 aliphatic heterocycles. The van der Waals surface area contributed by atoms with Gasteiger partial charge in [0.05, 0.1) is 0 Å². The van der Waals surface area contributed by atoms with Crippen molar-refractivity contribution in [2.75, 3.05) is 0 Å². The quantitative estimate of drug-likeness (QED) is 0.912. The Bertz CT molecular complexity index is 677. The van der Waals surface area contributed by atoms with Crippen molar-refractivity contribution < 1.29 is 4.79 Å². The highest BCUT2D eigenvalue weighted by Gasteiger charge is 2.11. The van der Waals surface area contributed by atoms with Gasteiger partial charge in [0.2, 0.25) is 0 Å². The molecular formula is C18H21ClN2O. The predicted molar refractivity (Wildman–Crippen MR) is 91.3 cm³/mol. The monoisotopic (exact) mass is 316 g/mol. The van der Waals surface area contributed by atoms with Gasteiger partial charge in [-0.2, -0.15) is 0 Å². The predicted octanol–water partition coefficient (Wildman–Crippen LogP) is 3.26. The van der Waals surface area contributed by atoms with E-state index in [1.807, 2.05) is 26.0 Å². The van der Waals surface area contributed by atoms with Crippen molar-refractivity contribution in [1.29, 1.82) is 0 Å². The SMILES string of the molecule is Cc1cc(C)cc(C(=O)NCc2ccc3c(c2)CNC3)c1.Cl. The van der Waals surface area contributed by atoms with Crippen molar-refractivity contribution >= 4 is 18.3 Å². The number of carbonyl (C=O) groups is 1. The second-order valence-electron chi connectivity index (χ2n) is 5.77. The van der Waals surface area contributed by atoms with Gasteiger partial charge in [0.1, 0.15) is 0 Å². The van der Waals surface area contributed by atoms with Crippen LogP contribution in [0.3, 0.4) is 0 Å². The Morgan fingerprint density at radius 2 is 1.73 bits per heavy atom. The van der Waals surface area contributed by atoms with Crippen LogP contribution >= 0.6 is 12.4 Å². The minimum Gasteiger partial charge on any atom is -0.348 e. The minimum atomic E-state index is -0.0135. The maximum Gasteiger partial charge on any atom is 0.251 e. The van der Waals surface area contributed by atoms with Gasteiger partial charge < -0.3 is 10.6 Å². The maximum absolute atomic E-state index is 12.2. The van der Waals surface area contributed by atoms with E-state index in [1.54, 1.807) is 0 Å². The lowest BCUT2D eigenvalue weighted by atomic mass is 10.1. The van der Waals surface area contributed by atoms with E-state index in [0.29, 0.717) is 6.54 Å². The Morgan fingerprint density at radius 3 is 2.45 bits per heavy atom. The smallest absolute Gasteiger partial charge is 0.251 e. The summed E-state index contributed by atoms with van der Waals surface area (Å²) in [5.74, 6) is -0.0135. The highest BCUT2D eigenvalue weighted by atomic mass is 35.5. The number of fused-ring (bicyclic) bond motifs is 1. The molecule has 22 heavy (non-hydrogen) atoms. The fourth-order valence-corrected chi connectivity index (χ4v) is 2.85. The second-order valence-corrected chi connectivity index (χ2v) is 5.77. The van der Waals surface area contributed by atoms with E-state index < -0.39 is 0 Å². The van der Waals surface area contributed by atoms with Crippen LogP contribution in [0.2, 0.25) is 0 Å². The van der Waals surface area contributed by atoms with Gasteiger partial charge in [-0.1, -0.05) is 35.4 Å². The van der Waals surface area contributed by atoms with Gasteiger partial charge in [0.25, 0.3) is 5.91 Å². The lowest BCUT2D eigenvalue weighted by Gasteiger charge is -2.08. The van der Waals surface area contributed by atoms with Crippen LogP contribution in [0.5, 0.6) is 0 Å². The van der Waals surface area contributed by atoms with Crippen molar-refractivity contribution in [1.82, 2.24) is 10.6 Å². The molecule has 0 unspecified atom stereocenters. The first-order valence-corrected chi connectivity index (χ1v) is 7.30. The van der Waals surface area contributed by atoms with Crippen LogP contribution in [0.15, 0.2) is 36.4 Å². The molecule has 1 aliphatic rings. The molecule has 0 radical (unpaired) electrons. The standard InChI is InChI=1S/C18H20N2O.ClH/c1-12-5-13(2)7-16(6-12)18(21)20-9-14-3-4-15-10-19-11-17(15)8-14;/h3-8,19H,9-11H2,1-2H3,(H,20,21);1H. The van der Waals surface area contributed by atoms with Crippen molar-refractivity contribution in [3.8, 4) is 0 Å². The summed E-state index contributed by atoms with van der Waals surface area (Å²) in [4.78, 5) is 12.2. The van der Waals surface area contributed by atoms with E-state index in [2.05, 4.69) is 34.9 Å². The largest absolute Gasteiger partial charge is 0.348 e. The average Bonchev–Trinajstić information content (AvgIpc) is 2.91. The normalized spacial score (nSPS) is 12.5. The Morgan fingerprint density at radius 1 is 1.05 bits per heavy atom. The number of aryl methyl sites for hydroxylation is 2. The molecule has 0 aliphatic carbocycles. The summed E-state index contributed by atoms with van der Waals surface area (Å²) < 4.78 is 0. The van der Waals surface area contributed by atoms with Crippen molar-refractivity contribution in [3.63, 3.8) is 0 Å². The van der Waals surface area contributed by atoms with Gasteiger partial charge in [0.15, 0.2) is 0 Å². The molecule has 0 atom stereocenters. The molecule has 0 bridgehead atoms. The Balaban J connectivity index is 0.00000176. The molecule has 0 fully saturated rings. The summed E-state index contributed by atoms with van der Waals surface area (Å²) in [6.07, 6.45) is 0. The highest BCUT2D eigenvalue weighted by Crippen LogP contribution is 2.17. The zero-order chi connectivity index (χ0) is 14.8. The van der Waals surface area contributed by atoms with Gasteiger partial charge in [-0.25, -0.2) is 0 Å². The molecule has 2 N–H and O–H groups in total. The summed E-state index contributed by atoms with van der Waals surface area (Å²) in [5.41, 5.74) is 6.81. The third-order valence-corrected chi connectivity index (χ3v) is 3.84. The highest BCUT2D eigenvalue weighted by molar-refractivity contribution is 5.94. The van der Waals surface area contributed by atoms with Crippen LogP contribution in [0.25, 0.3) is 0 Å². The molecule has 2 aromatic rings. The van der Waals surface area contributed by atoms with E-state index in [4.69, 9.17) is 0 Å². The summed E-state index contributed by atoms with van der Waals surface area (Å²) in [6, 6.07) is 12.3. The zero-order valence-corrected chi connectivity index (χ0v) is 13.7. The van der Waals surface area contributed by atoms with Gasteiger partial charge in [-0.3, -0.25) is 4.79 Å². The van der Waals surface area contributed by atoms with E-state index >= 15 is 0 Å². The topological polar surface area (TPSA) is 41.1 Å². The van der Waals surface area contributed by atoms with Crippen LogP contribution < -0.4 is 10.6 Å². The van der Waals surface area contributed by atoms with E-state index in [9.17, 15) is 4.79 Å². The molecule has 116 valence electrons. The van der Waals surface area contributed by atoms with Crippen LogP contribution in [0, 0.1) is 13.8 Å². The number of hydrogen-bond donors (Lipinski definition) is 2. The van der Waals surface area contributed by atoms with Crippen molar-refractivity contribution in [3.05, 3.63) is 69.8 Å². The number of hydrogen-bond acceptors (Lipinski definition) is 2. The van der Waals surface area contributed by atoms with E-state index in [0.717, 1.165) is 35.3 Å². The van der Waals surface area contributed by atoms with Crippen molar-refractivity contribution in [2.45, 2.75) is 33.5 Å². The molecule has 1 amide bonds. The Kier molecular flexibility index (Phi) is 5.22. The molecule has 1 heterocycles. The first-order valence-electron chi connectivity index (χ1n) is 7.30. The number of halogens is 1. The molecule has 0 saturated heterocycles. The number of amides is 1. The molecule has 0 saturated carbocycles. The van der Waals surface area contributed by atoms with Crippen LogP contribution in [-0.2, 0) is 19.6 Å². The third kappa shape index (κ3) is 3.67. The first-order chi connectivity index (χ1) is 10.1. The van der Waals surface area contributed by atoms with Gasteiger partial charge in [0, 0.05) is 25.2 Å². The second kappa shape index (κ2) is 6.95. The van der Waals surface area contributed by atoms with Crippen molar-refractivity contribution in [2.24, 2.45) is 0 Å². The zero-order valence-electron chi connectivity index (χ0n) is 12.9. The average molecular weight is 317 g/mol. The summed E-state index contributed by atoms with van der Waals surface area (Å²) in [6.45, 7) is 6.46. The maximum atomic E-state index is 12.2. The molecule has 3 nitrogen and oxygen atoms in total. The number of rotatable bonds is 3. The van der Waals surface area contributed by atoms with Crippen LogP contribution in [-0.4, -0.2) is 5.91 Å². The van der Waals surface area contributed by atoms with Gasteiger partial charge in [-0.15, -0.1) is 12.4 Å². The molecular weight excluding hydrogens is 296 g/mol. The van der Waals surface area contributed by atoms with Gasteiger partial charge in [-0.05, 0) is 42.7 Å². The Hall–Kier alpha value is -1.84. The van der Waals surface area contributed by atoms with Gasteiger partial charge >= 0.3 is 0 Å². The lowest BCUT2D eigenvalue weighted by Crippen LogP contribution is -2.23. The molecule has 2 aromatic carbocycles.